The maximum absolute atomic E-state index is 13.7. The van der Waals surface area contributed by atoms with Crippen LogP contribution in [0.1, 0.15) is 50.8 Å². The zero-order valence-corrected chi connectivity index (χ0v) is 21.6. The molecule has 1 saturated heterocycles. The summed E-state index contributed by atoms with van der Waals surface area (Å²) >= 11 is 0. The van der Waals surface area contributed by atoms with Gasteiger partial charge in [-0.3, -0.25) is 9.59 Å². The maximum Gasteiger partial charge on any atom is 0.247 e. The van der Waals surface area contributed by atoms with Gasteiger partial charge >= 0.3 is 0 Å². The fourth-order valence-corrected chi connectivity index (χ4v) is 4.26. The molecule has 1 aliphatic rings. The third-order valence-electron chi connectivity index (χ3n) is 6.03. The van der Waals surface area contributed by atoms with Crippen LogP contribution < -0.4 is 5.32 Å². The number of tetrazole rings is 1. The lowest BCUT2D eigenvalue weighted by atomic mass is 10.0. The molecule has 1 aromatic heterocycles. The van der Waals surface area contributed by atoms with Crippen molar-refractivity contribution in [1.29, 1.82) is 0 Å². The van der Waals surface area contributed by atoms with E-state index in [1.165, 1.54) is 34.0 Å². The lowest BCUT2D eigenvalue weighted by Crippen LogP contribution is -2.51. The van der Waals surface area contributed by atoms with E-state index in [0.29, 0.717) is 18.0 Å². The van der Waals surface area contributed by atoms with Crippen LogP contribution in [0.4, 0.5) is 4.39 Å². The second kappa shape index (κ2) is 11.2. The minimum absolute atomic E-state index is 0.206. The van der Waals surface area contributed by atoms with Crippen LogP contribution in [0.3, 0.4) is 0 Å². The van der Waals surface area contributed by atoms with E-state index in [9.17, 15) is 14.0 Å². The molecule has 0 radical (unpaired) electrons. The van der Waals surface area contributed by atoms with Crippen molar-refractivity contribution < 1.29 is 18.7 Å². The minimum atomic E-state index is -0.989. The summed E-state index contributed by atoms with van der Waals surface area (Å²) in [6.07, 6.45) is 1.45. The maximum atomic E-state index is 13.7. The molecule has 2 atom stereocenters. The number of carbonyl (C=O) groups excluding carboxylic acids is 2. The molecule has 9 nitrogen and oxygen atoms in total. The molecule has 196 valence electrons. The Morgan fingerprint density at radius 2 is 1.86 bits per heavy atom. The van der Waals surface area contributed by atoms with Gasteiger partial charge in [-0.15, -0.1) is 10.2 Å². The first-order valence-corrected chi connectivity index (χ1v) is 12.4. The van der Waals surface area contributed by atoms with Crippen molar-refractivity contribution in [3.8, 4) is 11.4 Å². The monoisotopic (exact) mass is 508 g/mol. The molecule has 0 aliphatic carbocycles. The number of ether oxygens (including phenoxy) is 1. The van der Waals surface area contributed by atoms with Gasteiger partial charge in [0.15, 0.2) is 0 Å². The highest BCUT2D eigenvalue weighted by atomic mass is 19.1. The number of hydrogen-bond acceptors (Lipinski definition) is 6. The second-order valence-corrected chi connectivity index (χ2v) is 10.4. The summed E-state index contributed by atoms with van der Waals surface area (Å²) in [6.45, 7) is 8.18. The number of carbonyl (C=O) groups is 2. The number of hydrogen-bond donors (Lipinski definition) is 1. The predicted octanol–water partition coefficient (Wildman–Crippen LogP) is 3.45. The Morgan fingerprint density at radius 3 is 2.49 bits per heavy atom. The average molecular weight is 509 g/mol. The fraction of sp³-hybridized carbons (Fsp3) is 0.444. The normalized spacial score (nSPS) is 16.4. The van der Waals surface area contributed by atoms with Gasteiger partial charge < -0.3 is 15.0 Å². The second-order valence-electron chi connectivity index (χ2n) is 10.4. The highest BCUT2D eigenvalue weighted by Gasteiger charge is 2.36. The molecule has 10 heteroatoms. The fourth-order valence-electron chi connectivity index (χ4n) is 4.26. The van der Waals surface area contributed by atoms with Crippen molar-refractivity contribution in [3.05, 3.63) is 65.5 Å². The Balaban J connectivity index is 1.64. The number of aryl methyl sites for hydroxylation is 1. The molecular weight excluding hydrogens is 475 g/mol. The van der Waals surface area contributed by atoms with E-state index in [1.54, 1.807) is 0 Å². The first-order valence-electron chi connectivity index (χ1n) is 12.4. The van der Waals surface area contributed by atoms with Gasteiger partial charge in [-0.1, -0.05) is 42.0 Å². The smallest absolute Gasteiger partial charge is 0.247 e. The Hall–Kier alpha value is -3.66. The van der Waals surface area contributed by atoms with Gasteiger partial charge in [0.2, 0.25) is 17.6 Å². The number of halogens is 1. The van der Waals surface area contributed by atoms with Crippen LogP contribution in [-0.4, -0.2) is 61.7 Å². The number of amides is 2. The zero-order valence-electron chi connectivity index (χ0n) is 21.6. The molecule has 37 heavy (non-hydrogen) atoms. The molecule has 3 aromatic rings. The van der Waals surface area contributed by atoms with Crippen molar-refractivity contribution in [2.45, 2.75) is 64.8 Å². The Labute approximate surface area is 216 Å². The van der Waals surface area contributed by atoms with Crippen LogP contribution in [0.2, 0.25) is 0 Å². The van der Waals surface area contributed by atoms with E-state index in [4.69, 9.17) is 4.74 Å². The molecule has 0 spiro atoms. The SMILES string of the molecule is Cc1ccc(-c2nnn(CC(=O)N(CC3CCCO3)C(C(=O)NC(C)(C)C)c3ccc(F)cc3)n2)cc1. The van der Waals surface area contributed by atoms with Gasteiger partial charge in [-0.25, -0.2) is 4.39 Å². The molecule has 2 aromatic carbocycles. The standard InChI is InChI=1S/C27H33FN6O3/c1-18-7-9-20(10-8-18)25-30-32-34(31-25)17-23(35)33(16-22-6-5-15-37-22)24(26(36)29-27(2,3)4)19-11-13-21(28)14-12-19/h7-14,22,24H,5-6,15-17H2,1-4H3,(H,29,36). The predicted molar refractivity (Wildman–Crippen MR) is 136 cm³/mol. The summed E-state index contributed by atoms with van der Waals surface area (Å²) < 4.78 is 19.5. The third-order valence-corrected chi connectivity index (χ3v) is 6.03. The van der Waals surface area contributed by atoms with Gasteiger partial charge in [0.1, 0.15) is 18.4 Å². The summed E-state index contributed by atoms with van der Waals surface area (Å²) in [6, 6.07) is 12.3. The number of nitrogens with zero attached hydrogens (tertiary/aromatic N) is 5. The summed E-state index contributed by atoms with van der Waals surface area (Å²) in [5.41, 5.74) is 1.86. The van der Waals surface area contributed by atoms with E-state index in [2.05, 4.69) is 20.7 Å². The van der Waals surface area contributed by atoms with Gasteiger partial charge in [-0.2, -0.15) is 4.80 Å². The summed E-state index contributed by atoms with van der Waals surface area (Å²) in [5.74, 6) is -0.760. The van der Waals surface area contributed by atoms with Crippen LogP contribution >= 0.6 is 0 Å². The molecule has 2 amide bonds. The Bertz CT molecular complexity index is 1210. The van der Waals surface area contributed by atoms with Gasteiger partial charge in [0, 0.05) is 24.3 Å². The molecule has 1 N–H and O–H groups in total. The average Bonchev–Trinajstić information content (AvgIpc) is 3.51. The van der Waals surface area contributed by atoms with Crippen LogP contribution in [0.15, 0.2) is 48.5 Å². The molecule has 1 fully saturated rings. The van der Waals surface area contributed by atoms with Crippen LogP contribution in [-0.2, 0) is 20.9 Å². The lowest BCUT2D eigenvalue weighted by Gasteiger charge is -2.34. The molecule has 1 aliphatic heterocycles. The molecule has 4 rings (SSSR count). The summed E-state index contributed by atoms with van der Waals surface area (Å²) in [7, 11) is 0. The van der Waals surface area contributed by atoms with Crippen LogP contribution in [0.25, 0.3) is 11.4 Å². The van der Waals surface area contributed by atoms with Crippen molar-refractivity contribution in [2.24, 2.45) is 0 Å². The first kappa shape index (κ1) is 26.4. The Morgan fingerprint density at radius 1 is 1.16 bits per heavy atom. The number of benzene rings is 2. The van der Waals surface area contributed by atoms with E-state index >= 15 is 0 Å². The van der Waals surface area contributed by atoms with E-state index in [0.717, 1.165) is 24.0 Å². The quantitative estimate of drug-likeness (QED) is 0.500. The van der Waals surface area contributed by atoms with Crippen LogP contribution in [0.5, 0.6) is 0 Å². The molecule has 2 heterocycles. The van der Waals surface area contributed by atoms with Crippen molar-refractivity contribution in [1.82, 2.24) is 30.4 Å². The highest BCUT2D eigenvalue weighted by Crippen LogP contribution is 2.26. The highest BCUT2D eigenvalue weighted by molar-refractivity contribution is 5.89. The lowest BCUT2D eigenvalue weighted by molar-refractivity contribution is -0.144. The molecule has 0 saturated carbocycles. The largest absolute Gasteiger partial charge is 0.376 e. The summed E-state index contributed by atoms with van der Waals surface area (Å²) in [4.78, 5) is 30.0. The van der Waals surface area contributed by atoms with Crippen molar-refractivity contribution in [3.63, 3.8) is 0 Å². The first-order chi connectivity index (χ1) is 17.6. The van der Waals surface area contributed by atoms with E-state index < -0.39 is 17.4 Å². The molecule has 2 unspecified atom stereocenters. The van der Waals surface area contributed by atoms with Gasteiger partial charge in [0.25, 0.3) is 0 Å². The minimum Gasteiger partial charge on any atom is -0.376 e. The van der Waals surface area contributed by atoms with Crippen molar-refractivity contribution >= 4 is 11.8 Å². The van der Waals surface area contributed by atoms with E-state index in [-0.39, 0.29) is 31.0 Å². The Kier molecular flexibility index (Phi) is 7.97. The molecular formula is C27H33FN6O3. The van der Waals surface area contributed by atoms with Gasteiger partial charge in [-0.05, 0) is 63.4 Å². The number of rotatable bonds is 8. The zero-order chi connectivity index (χ0) is 26.6. The number of nitrogens with one attached hydrogen (secondary N) is 1. The van der Waals surface area contributed by atoms with Crippen molar-refractivity contribution in [2.75, 3.05) is 13.2 Å². The third kappa shape index (κ3) is 6.97. The summed E-state index contributed by atoms with van der Waals surface area (Å²) in [5, 5.41) is 15.5. The molecule has 0 bridgehead atoms. The van der Waals surface area contributed by atoms with Crippen LogP contribution in [0, 0.1) is 12.7 Å². The van der Waals surface area contributed by atoms with Gasteiger partial charge in [0.05, 0.1) is 6.10 Å². The number of aromatic nitrogens is 4. The van der Waals surface area contributed by atoms with E-state index in [1.807, 2.05) is 52.0 Å². The topological polar surface area (TPSA) is 102 Å².